The maximum absolute atomic E-state index is 13.0. The zero-order valence-corrected chi connectivity index (χ0v) is 15.4. The Morgan fingerprint density at radius 1 is 1.15 bits per heavy atom. The van der Waals surface area contributed by atoms with Crippen LogP contribution in [0.4, 0.5) is 10.5 Å². The Morgan fingerprint density at radius 2 is 1.88 bits per heavy atom. The number of amides is 4. The van der Waals surface area contributed by atoms with Gasteiger partial charge in [-0.25, -0.2) is 4.79 Å². The van der Waals surface area contributed by atoms with E-state index in [9.17, 15) is 14.4 Å². The molecule has 2 aromatic rings. The highest BCUT2D eigenvalue weighted by molar-refractivity contribution is 9.10. The maximum Gasteiger partial charge on any atom is 0.325 e. The van der Waals surface area contributed by atoms with Crippen molar-refractivity contribution < 1.29 is 14.4 Å². The van der Waals surface area contributed by atoms with Gasteiger partial charge in [0.15, 0.2) is 0 Å². The Bertz CT molecular complexity index is 913. The molecule has 0 unspecified atom stereocenters. The van der Waals surface area contributed by atoms with E-state index >= 15 is 0 Å². The summed E-state index contributed by atoms with van der Waals surface area (Å²) in [5, 5.41) is 5.51. The molecule has 132 valence electrons. The third-order valence-corrected chi connectivity index (χ3v) is 5.38. The van der Waals surface area contributed by atoms with E-state index in [0.717, 1.165) is 26.9 Å². The molecule has 2 aromatic carbocycles. The number of anilines is 1. The van der Waals surface area contributed by atoms with Gasteiger partial charge in [-0.2, -0.15) is 0 Å². The summed E-state index contributed by atoms with van der Waals surface area (Å²) in [4.78, 5) is 38.7. The van der Waals surface area contributed by atoms with Crippen LogP contribution in [-0.2, 0) is 21.5 Å². The maximum atomic E-state index is 13.0. The highest BCUT2D eigenvalue weighted by Crippen LogP contribution is 2.41. The zero-order chi connectivity index (χ0) is 18.3. The van der Waals surface area contributed by atoms with Crippen molar-refractivity contribution in [2.75, 3.05) is 11.9 Å². The van der Waals surface area contributed by atoms with E-state index in [1.807, 2.05) is 24.3 Å². The number of rotatable bonds is 3. The summed E-state index contributed by atoms with van der Waals surface area (Å²) in [6.07, 6.45) is 1.24. The first-order valence-electron chi connectivity index (χ1n) is 8.27. The van der Waals surface area contributed by atoms with Gasteiger partial charge >= 0.3 is 6.03 Å². The third kappa shape index (κ3) is 2.68. The van der Waals surface area contributed by atoms with Gasteiger partial charge in [0.1, 0.15) is 12.1 Å². The van der Waals surface area contributed by atoms with Gasteiger partial charge in [0.25, 0.3) is 5.91 Å². The minimum Gasteiger partial charge on any atom is -0.325 e. The van der Waals surface area contributed by atoms with Crippen molar-refractivity contribution in [2.45, 2.75) is 18.4 Å². The Kier molecular flexibility index (Phi) is 4.03. The van der Waals surface area contributed by atoms with Crippen LogP contribution in [0.2, 0.25) is 0 Å². The van der Waals surface area contributed by atoms with E-state index in [4.69, 9.17) is 0 Å². The van der Waals surface area contributed by atoms with Crippen molar-refractivity contribution in [2.24, 2.45) is 0 Å². The van der Waals surface area contributed by atoms with E-state index < -0.39 is 17.5 Å². The van der Waals surface area contributed by atoms with Crippen molar-refractivity contribution in [3.05, 3.63) is 64.1 Å². The SMILES string of the molecule is O=C(CN1C(=O)N[C@@]2(CCc3ccccc32)C1=O)Nc1ccc(Br)cc1. The van der Waals surface area contributed by atoms with Crippen LogP contribution in [0, 0.1) is 0 Å². The Labute approximate surface area is 158 Å². The molecule has 1 aliphatic carbocycles. The van der Waals surface area contributed by atoms with E-state index in [0.29, 0.717) is 12.1 Å². The fourth-order valence-corrected chi connectivity index (χ4v) is 3.87. The molecule has 4 amide bonds. The number of benzene rings is 2. The average molecular weight is 414 g/mol. The standard InChI is InChI=1S/C19H16BrN3O3/c20-13-5-7-14(8-6-13)21-16(24)11-23-17(25)19(22-18(23)26)10-9-12-3-1-2-4-15(12)19/h1-8H,9-11H2,(H,21,24)(H,22,26)/t19-/m1/s1. The van der Waals surface area contributed by atoms with Crippen LogP contribution in [-0.4, -0.2) is 29.3 Å². The highest BCUT2D eigenvalue weighted by atomic mass is 79.9. The Hall–Kier alpha value is -2.67. The minimum absolute atomic E-state index is 0.315. The van der Waals surface area contributed by atoms with Crippen LogP contribution in [0.1, 0.15) is 17.5 Å². The summed E-state index contributed by atoms with van der Waals surface area (Å²) < 4.78 is 0.895. The van der Waals surface area contributed by atoms with Crippen LogP contribution in [0.25, 0.3) is 0 Å². The van der Waals surface area contributed by atoms with E-state index in [-0.39, 0.29) is 12.5 Å². The van der Waals surface area contributed by atoms with Gasteiger partial charge in [0.2, 0.25) is 5.91 Å². The molecule has 0 radical (unpaired) electrons. The lowest BCUT2D eigenvalue weighted by Gasteiger charge is -2.22. The molecule has 6 nitrogen and oxygen atoms in total. The Balaban J connectivity index is 1.52. The summed E-state index contributed by atoms with van der Waals surface area (Å²) in [6.45, 7) is -0.315. The summed E-state index contributed by atoms with van der Waals surface area (Å²) in [5.41, 5.74) is 1.45. The van der Waals surface area contributed by atoms with Gasteiger partial charge in [0, 0.05) is 10.2 Å². The number of nitrogens with zero attached hydrogens (tertiary/aromatic N) is 1. The quantitative estimate of drug-likeness (QED) is 0.759. The fourth-order valence-electron chi connectivity index (χ4n) is 3.61. The van der Waals surface area contributed by atoms with Crippen LogP contribution < -0.4 is 10.6 Å². The van der Waals surface area contributed by atoms with E-state index in [2.05, 4.69) is 26.6 Å². The monoisotopic (exact) mass is 413 g/mol. The number of hydrogen-bond donors (Lipinski definition) is 2. The van der Waals surface area contributed by atoms with Crippen molar-refractivity contribution in [1.29, 1.82) is 0 Å². The molecule has 1 atom stereocenters. The first-order valence-corrected chi connectivity index (χ1v) is 9.07. The lowest BCUT2D eigenvalue weighted by Crippen LogP contribution is -2.42. The Morgan fingerprint density at radius 3 is 2.65 bits per heavy atom. The molecule has 1 fully saturated rings. The van der Waals surface area contributed by atoms with E-state index in [1.165, 1.54) is 0 Å². The number of halogens is 1. The summed E-state index contributed by atoms with van der Waals surface area (Å²) >= 11 is 3.33. The molecule has 0 saturated carbocycles. The van der Waals surface area contributed by atoms with Gasteiger partial charge < -0.3 is 10.6 Å². The van der Waals surface area contributed by atoms with Gasteiger partial charge in [-0.15, -0.1) is 0 Å². The van der Waals surface area contributed by atoms with Crippen molar-refractivity contribution >= 4 is 39.5 Å². The number of urea groups is 1. The smallest absolute Gasteiger partial charge is 0.325 e. The largest absolute Gasteiger partial charge is 0.325 e. The van der Waals surface area contributed by atoms with Crippen molar-refractivity contribution in [3.63, 3.8) is 0 Å². The van der Waals surface area contributed by atoms with Gasteiger partial charge in [-0.05, 0) is 48.2 Å². The molecule has 0 bridgehead atoms. The number of carbonyl (C=O) groups is 3. The molecular formula is C19H16BrN3O3. The second-order valence-electron chi connectivity index (χ2n) is 6.44. The number of fused-ring (bicyclic) bond motifs is 2. The normalized spacial score (nSPS) is 21.0. The molecule has 2 N–H and O–H groups in total. The zero-order valence-electron chi connectivity index (χ0n) is 13.8. The summed E-state index contributed by atoms with van der Waals surface area (Å²) in [6, 6.07) is 14.2. The molecule has 2 aliphatic rings. The number of imide groups is 1. The minimum atomic E-state index is -1.04. The van der Waals surface area contributed by atoms with Crippen LogP contribution in [0.3, 0.4) is 0 Å². The topological polar surface area (TPSA) is 78.5 Å². The van der Waals surface area contributed by atoms with Crippen LogP contribution in [0.15, 0.2) is 53.0 Å². The van der Waals surface area contributed by atoms with E-state index in [1.54, 1.807) is 24.3 Å². The molecule has 1 heterocycles. The first-order chi connectivity index (χ1) is 12.5. The molecule has 0 aromatic heterocycles. The third-order valence-electron chi connectivity index (χ3n) is 4.85. The molecule has 4 rings (SSSR count). The predicted octanol–water partition coefficient (Wildman–Crippen LogP) is 2.78. The first kappa shape index (κ1) is 16.8. The lowest BCUT2D eigenvalue weighted by atomic mass is 9.92. The number of nitrogens with one attached hydrogen (secondary N) is 2. The number of carbonyl (C=O) groups excluding carboxylic acids is 3. The fraction of sp³-hybridized carbons (Fsp3) is 0.211. The summed E-state index contributed by atoms with van der Waals surface area (Å²) in [5.74, 6) is -0.780. The second kappa shape index (κ2) is 6.25. The van der Waals surface area contributed by atoms with Crippen molar-refractivity contribution in [3.8, 4) is 0 Å². The summed E-state index contributed by atoms with van der Waals surface area (Å²) in [7, 11) is 0. The van der Waals surface area contributed by atoms with Crippen molar-refractivity contribution in [1.82, 2.24) is 10.2 Å². The lowest BCUT2D eigenvalue weighted by molar-refractivity contribution is -0.134. The number of aryl methyl sites for hydroxylation is 1. The second-order valence-corrected chi connectivity index (χ2v) is 7.35. The average Bonchev–Trinajstić information content (AvgIpc) is 3.11. The van der Waals surface area contributed by atoms with Crippen LogP contribution in [0.5, 0.6) is 0 Å². The van der Waals surface area contributed by atoms with Gasteiger partial charge in [-0.1, -0.05) is 40.2 Å². The molecule has 7 heteroatoms. The highest BCUT2D eigenvalue weighted by Gasteiger charge is 2.55. The molecule has 1 spiro atoms. The van der Waals surface area contributed by atoms with Crippen LogP contribution >= 0.6 is 15.9 Å². The van der Waals surface area contributed by atoms with Gasteiger partial charge in [-0.3, -0.25) is 14.5 Å². The molecule has 1 aliphatic heterocycles. The van der Waals surface area contributed by atoms with Gasteiger partial charge in [0.05, 0.1) is 0 Å². The number of hydrogen-bond acceptors (Lipinski definition) is 3. The molecular weight excluding hydrogens is 398 g/mol. The molecule has 1 saturated heterocycles. The predicted molar refractivity (Wildman–Crippen MR) is 99.5 cm³/mol. The molecule has 26 heavy (non-hydrogen) atoms.